The Morgan fingerprint density at radius 2 is 1.68 bits per heavy atom. The second-order valence-corrected chi connectivity index (χ2v) is 7.75. The van der Waals surface area contributed by atoms with Crippen LogP contribution in [0.25, 0.3) is 10.8 Å². The first kappa shape index (κ1) is 18.0. The van der Waals surface area contributed by atoms with Crippen molar-refractivity contribution in [3.63, 3.8) is 0 Å². The van der Waals surface area contributed by atoms with E-state index < -0.39 is 0 Å². The first-order valence-electron chi connectivity index (χ1n) is 8.79. The average Bonchev–Trinajstić information content (AvgIpc) is 2.94. The van der Waals surface area contributed by atoms with Gasteiger partial charge >= 0.3 is 0 Å². The van der Waals surface area contributed by atoms with Crippen LogP contribution in [0.1, 0.15) is 69.6 Å². The Hall–Kier alpha value is -0.300. The average molecular weight is 460 g/mol. The molecule has 0 bridgehead atoms. The first-order chi connectivity index (χ1) is 10.1. The molecular formula is C21H29Hf-. The van der Waals surface area contributed by atoms with Crippen LogP contribution in [-0.4, -0.2) is 0 Å². The molecule has 0 spiro atoms. The molecule has 22 heavy (non-hydrogen) atoms. The van der Waals surface area contributed by atoms with Crippen molar-refractivity contribution in [3.8, 4) is 0 Å². The van der Waals surface area contributed by atoms with Gasteiger partial charge in [0, 0.05) is 25.8 Å². The minimum atomic E-state index is 0. The smallest absolute Gasteiger partial charge is 0 e. The summed E-state index contributed by atoms with van der Waals surface area (Å²) in [6.45, 7) is 7.07. The fourth-order valence-electron chi connectivity index (χ4n) is 3.96. The van der Waals surface area contributed by atoms with Crippen LogP contribution >= 0.6 is 0 Å². The predicted octanol–water partition coefficient (Wildman–Crippen LogP) is 6.19. The number of benzene rings is 1. The molecule has 0 saturated heterocycles. The fourth-order valence-corrected chi connectivity index (χ4v) is 3.96. The molecule has 118 valence electrons. The van der Waals surface area contributed by atoms with Crippen molar-refractivity contribution < 1.29 is 25.8 Å². The minimum Gasteiger partial charge on any atom is -0.168 e. The molecule has 1 aliphatic rings. The molecule has 0 aliphatic heterocycles. The summed E-state index contributed by atoms with van der Waals surface area (Å²) in [5.41, 5.74) is 5.23. The Morgan fingerprint density at radius 3 is 2.41 bits per heavy atom. The number of aryl methyl sites for hydroxylation is 1. The van der Waals surface area contributed by atoms with Crippen LogP contribution in [0.2, 0.25) is 0 Å². The van der Waals surface area contributed by atoms with E-state index in [2.05, 4.69) is 45.0 Å². The van der Waals surface area contributed by atoms with Crippen molar-refractivity contribution in [2.75, 3.05) is 0 Å². The van der Waals surface area contributed by atoms with Gasteiger partial charge in [-0.3, -0.25) is 0 Å². The molecule has 0 aromatic heterocycles. The third-order valence-electron chi connectivity index (χ3n) is 5.07. The van der Waals surface area contributed by atoms with Gasteiger partial charge in [-0.2, -0.15) is 6.07 Å². The monoisotopic (exact) mass is 461 g/mol. The molecule has 3 rings (SSSR count). The molecule has 0 N–H and O–H groups in total. The zero-order chi connectivity index (χ0) is 14.9. The molecule has 0 unspecified atom stereocenters. The Balaban J connectivity index is 0.00000176. The normalized spacial score (nSPS) is 15.8. The van der Waals surface area contributed by atoms with E-state index in [1.807, 2.05) is 0 Å². The molecular weight excluding hydrogens is 431 g/mol. The van der Waals surface area contributed by atoms with Crippen molar-refractivity contribution >= 4 is 10.8 Å². The summed E-state index contributed by atoms with van der Waals surface area (Å²) in [7, 11) is 0. The summed E-state index contributed by atoms with van der Waals surface area (Å²) in [5, 5.41) is 3.00. The van der Waals surface area contributed by atoms with Gasteiger partial charge in [-0.05, 0) is 18.3 Å². The van der Waals surface area contributed by atoms with Crippen molar-refractivity contribution in [2.24, 2.45) is 5.41 Å². The van der Waals surface area contributed by atoms with E-state index in [1.165, 1.54) is 62.1 Å². The van der Waals surface area contributed by atoms with Gasteiger partial charge in [-0.1, -0.05) is 70.4 Å². The molecule has 1 heteroatoms. The summed E-state index contributed by atoms with van der Waals surface area (Å²) in [6, 6.07) is 9.66. The van der Waals surface area contributed by atoms with Crippen molar-refractivity contribution in [1.82, 2.24) is 0 Å². The number of rotatable bonds is 6. The van der Waals surface area contributed by atoms with Gasteiger partial charge in [-0.15, -0.1) is 34.5 Å². The number of hydrogen-bond donors (Lipinski definition) is 0. The molecule has 2 aromatic carbocycles. The standard InChI is InChI=1S/C21H29.Hf/c1-4-5-6-7-8-9-16-10-11-17-12-18-14-21(2,3)15-19(18)13-20(16)17;/h10-13H,4-9,14-15H2,1-3H3;/q-1;. The maximum Gasteiger partial charge on any atom is 0 e. The maximum absolute atomic E-state index is 2.50. The van der Waals surface area contributed by atoms with Crippen LogP contribution in [-0.2, 0) is 45.1 Å². The molecule has 0 saturated carbocycles. The third kappa shape index (κ3) is 3.96. The van der Waals surface area contributed by atoms with Crippen LogP contribution < -0.4 is 0 Å². The summed E-state index contributed by atoms with van der Waals surface area (Å²) in [5.74, 6) is 0. The van der Waals surface area contributed by atoms with Crippen molar-refractivity contribution in [2.45, 2.75) is 72.1 Å². The summed E-state index contributed by atoms with van der Waals surface area (Å²) in [6.07, 6.45) is 10.6. The van der Waals surface area contributed by atoms with Crippen LogP contribution in [0.5, 0.6) is 0 Å². The Bertz CT molecular complexity index is 618. The minimum absolute atomic E-state index is 0. The van der Waals surface area contributed by atoms with Gasteiger partial charge in [0.1, 0.15) is 0 Å². The van der Waals surface area contributed by atoms with E-state index in [1.54, 1.807) is 16.7 Å². The molecule has 2 aromatic rings. The Labute approximate surface area is 154 Å². The van der Waals surface area contributed by atoms with Gasteiger partial charge < -0.3 is 0 Å². The maximum atomic E-state index is 2.50. The number of hydrogen-bond acceptors (Lipinski definition) is 0. The predicted molar refractivity (Wildman–Crippen MR) is 93.2 cm³/mol. The van der Waals surface area contributed by atoms with Gasteiger partial charge in [0.25, 0.3) is 0 Å². The van der Waals surface area contributed by atoms with Crippen molar-refractivity contribution in [3.05, 3.63) is 41.0 Å². The van der Waals surface area contributed by atoms with Gasteiger partial charge in [-0.25, -0.2) is 0 Å². The molecule has 0 heterocycles. The van der Waals surface area contributed by atoms with Crippen LogP contribution in [0.15, 0.2) is 24.3 Å². The summed E-state index contributed by atoms with van der Waals surface area (Å²) < 4.78 is 0. The fraction of sp³-hybridized carbons (Fsp3) is 0.571. The first-order valence-corrected chi connectivity index (χ1v) is 8.79. The molecule has 1 aliphatic carbocycles. The van der Waals surface area contributed by atoms with Crippen molar-refractivity contribution in [1.29, 1.82) is 0 Å². The number of fused-ring (bicyclic) bond motifs is 2. The molecule has 0 nitrogen and oxygen atoms in total. The second kappa shape index (κ2) is 7.51. The van der Waals surface area contributed by atoms with Crippen LogP contribution in [0.4, 0.5) is 0 Å². The quantitative estimate of drug-likeness (QED) is 0.274. The van der Waals surface area contributed by atoms with Gasteiger partial charge in [0.15, 0.2) is 0 Å². The zero-order valence-electron chi connectivity index (χ0n) is 14.5. The van der Waals surface area contributed by atoms with E-state index in [0.717, 1.165) is 0 Å². The van der Waals surface area contributed by atoms with Gasteiger partial charge in [0.2, 0.25) is 0 Å². The summed E-state index contributed by atoms with van der Waals surface area (Å²) in [4.78, 5) is 0. The van der Waals surface area contributed by atoms with E-state index >= 15 is 0 Å². The largest absolute Gasteiger partial charge is 0.168 e. The molecule has 0 radical (unpaired) electrons. The SMILES string of the molecule is CCCCCCC[c-]1ccc2cc3c(cc21)CC(C)(C)C3.[Hf]. The second-order valence-electron chi connectivity index (χ2n) is 7.75. The van der Waals surface area contributed by atoms with E-state index in [9.17, 15) is 0 Å². The topological polar surface area (TPSA) is 0 Å². The summed E-state index contributed by atoms with van der Waals surface area (Å²) >= 11 is 0. The zero-order valence-corrected chi connectivity index (χ0v) is 18.1. The van der Waals surface area contributed by atoms with E-state index in [-0.39, 0.29) is 25.8 Å². The molecule has 0 fully saturated rings. The third-order valence-corrected chi connectivity index (χ3v) is 5.07. The Kier molecular flexibility index (Phi) is 6.16. The van der Waals surface area contributed by atoms with E-state index in [4.69, 9.17) is 0 Å². The van der Waals surface area contributed by atoms with E-state index in [0.29, 0.717) is 5.41 Å². The van der Waals surface area contributed by atoms with Crippen LogP contribution in [0, 0.1) is 5.41 Å². The number of unbranched alkanes of at least 4 members (excludes halogenated alkanes) is 4. The van der Waals surface area contributed by atoms with Gasteiger partial charge in [0.05, 0.1) is 0 Å². The molecule has 0 atom stereocenters. The van der Waals surface area contributed by atoms with Crippen LogP contribution in [0.3, 0.4) is 0 Å². The molecule has 0 amide bonds. The Morgan fingerprint density at radius 1 is 1.00 bits per heavy atom.